The highest BCUT2D eigenvalue weighted by atomic mass is 79.9. The first kappa shape index (κ1) is 15.0. The van der Waals surface area contributed by atoms with E-state index in [4.69, 9.17) is 0 Å². The molecule has 0 heterocycles. The SMILES string of the molecule is CNC(Cc1ccc(F)cc1Br)C1(C)CCCCC1. The summed E-state index contributed by atoms with van der Waals surface area (Å²) in [4.78, 5) is 0. The second kappa shape index (κ2) is 6.36. The molecule has 2 rings (SSSR count). The van der Waals surface area contributed by atoms with Crippen molar-refractivity contribution in [2.45, 2.75) is 51.5 Å². The van der Waals surface area contributed by atoms with Crippen LogP contribution in [0.25, 0.3) is 0 Å². The highest BCUT2D eigenvalue weighted by Crippen LogP contribution is 2.40. The summed E-state index contributed by atoms with van der Waals surface area (Å²) in [6, 6.07) is 5.46. The molecule has 1 aliphatic rings. The van der Waals surface area contributed by atoms with E-state index in [1.165, 1.54) is 37.7 Å². The third kappa shape index (κ3) is 3.57. The van der Waals surface area contributed by atoms with Crippen LogP contribution in [0.5, 0.6) is 0 Å². The van der Waals surface area contributed by atoms with Crippen LogP contribution in [0.15, 0.2) is 22.7 Å². The minimum Gasteiger partial charge on any atom is -0.316 e. The highest BCUT2D eigenvalue weighted by Gasteiger charge is 2.34. The van der Waals surface area contributed by atoms with Crippen LogP contribution in [0, 0.1) is 11.2 Å². The molecule has 1 aliphatic carbocycles. The molecule has 1 N–H and O–H groups in total. The quantitative estimate of drug-likeness (QED) is 0.845. The number of nitrogens with one attached hydrogen (secondary N) is 1. The first-order valence-electron chi connectivity index (χ1n) is 7.16. The molecule has 0 bridgehead atoms. The van der Waals surface area contributed by atoms with Crippen LogP contribution in [-0.4, -0.2) is 13.1 Å². The van der Waals surface area contributed by atoms with Gasteiger partial charge in [0.1, 0.15) is 5.82 Å². The number of rotatable bonds is 4. The van der Waals surface area contributed by atoms with Gasteiger partial charge >= 0.3 is 0 Å². The van der Waals surface area contributed by atoms with Crippen molar-refractivity contribution < 1.29 is 4.39 Å². The maximum atomic E-state index is 13.2. The van der Waals surface area contributed by atoms with E-state index in [2.05, 4.69) is 28.2 Å². The van der Waals surface area contributed by atoms with E-state index >= 15 is 0 Å². The van der Waals surface area contributed by atoms with Gasteiger partial charge in [0.15, 0.2) is 0 Å². The fraction of sp³-hybridized carbons (Fsp3) is 0.625. The van der Waals surface area contributed by atoms with Crippen molar-refractivity contribution in [2.24, 2.45) is 5.41 Å². The van der Waals surface area contributed by atoms with Crippen LogP contribution in [0.4, 0.5) is 4.39 Å². The molecule has 1 aromatic carbocycles. The fourth-order valence-electron chi connectivity index (χ4n) is 3.31. The second-order valence-corrected chi connectivity index (χ2v) is 6.85. The first-order chi connectivity index (χ1) is 9.05. The average molecular weight is 328 g/mol. The van der Waals surface area contributed by atoms with Crippen LogP contribution >= 0.6 is 15.9 Å². The van der Waals surface area contributed by atoms with Crippen molar-refractivity contribution in [2.75, 3.05) is 7.05 Å². The lowest BCUT2D eigenvalue weighted by molar-refractivity contribution is 0.149. The van der Waals surface area contributed by atoms with Crippen molar-refractivity contribution in [3.05, 3.63) is 34.1 Å². The standard InChI is InChI=1S/C16H23BrFN/c1-16(8-4-3-5-9-16)15(19-2)10-12-6-7-13(18)11-14(12)17/h6-7,11,15,19H,3-5,8-10H2,1-2H3. The zero-order valence-corrected chi connectivity index (χ0v) is 13.4. The van der Waals surface area contributed by atoms with Gasteiger partial charge in [-0.3, -0.25) is 0 Å². The van der Waals surface area contributed by atoms with Gasteiger partial charge in [-0.15, -0.1) is 0 Å². The molecular formula is C16H23BrFN. The molecular weight excluding hydrogens is 305 g/mol. The molecule has 0 spiro atoms. The summed E-state index contributed by atoms with van der Waals surface area (Å²) in [7, 11) is 2.04. The zero-order chi connectivity index (χ0) is 13.9. The number of hydrogen-bond acceptors (Lipinski definition) is 1. The summed E-state index contributed by atoms with van der Waals surface area (Å²) >= 11 is 3.48. The average Bonchev–Trinajstić information content (AvgIpc) is 2.38. The summed E-state index contributed by atoms with van der Waals surface area (Å²) < 4.78 is 14.0. The lowest BCUT2D eigenvalue weighted by Gasteiger charge is -2.41. The van der Waals surface area contributed by atoms with Gasteiger partial charge in [-0.2, -0.15) is 0 Å². The van der Waals surface area contributed by atoms with E-state index in [0.717, 1.165) is 10.9 Å². The molecule has 0 saturated heterocycles. The van der Waals surface area contributed by atoms with E-state index in [0.29, 0.717) is 11.5 Å². The van der Waals surface area contributed by atoms with Gasteiger partial charge < -0.3 is 5.32 Å². The van der Waals surface area contributed by atoms with Gasteiger partial charge in [0, 0.05) is 10.5 Å². The Kier molecular flexibility index (Phi) is 5.02. The number of benzene rings is 1. The number of likely N-dealkylation sites (N-methyl/N-ethyl adjacent to an activating group) is 1. The fourth-order valence-corrected chi connectivity index (χ4v) is 3.82. The first-order valence-corrected chi connectivity index (χ1v) is 7.96. The van der Waals surface area contributed by atoms with Crippen LogP contribution in [-0.2, 0) is 6.42 Å². The summed E-state index contributed by atoms with van der Waals surface area (Å²) in [5, 5.41) is 3.49. The van der Waals surface area contributed by atoms with Crippen molar-refractivity contribution in [1.29, 1.82) is 0 Å². The van der Waals surface area contributed by atoms with Crippen molar-refractivity contribution in [3.8, 4) is 0 Å². The Hall–Kier alpha value is -0.410. The van der Waals surface area contributed by atoms with Gasteiger partial charge in [0.05, 0.1) is 0 Å². The Balaban J connectivity index is 2.14. The third-order valence-corrected chi connectivity index (χ3v) is 5.36. The highest BCUT2D eigenvalue weighted by molar-refractivity contribution is 9.10. The largest absolute Gasteiger partial charge is 0.316 e. The maximum Gasteiger partial charge on any atom is 0.124 e. The molecule has 1 fully saturated rings. The Morgan fingerprint density at radius 2 is 2.00 bits per heavy atom. The Morgan fingerprint density at radius 3 is 2.58 bits per heavy atom. The van der Waals surface area contributed by atoms with E-state index in [1.807, 2.05) is 13.1 Å². The molecule has 0 radical (unpaired) electrons. The topological polar surface area (TPSA) is 12.0 Å². The molecule has 1 atom stereocenters. The zero-order valence-electron chi connectivity index (χ0n) is 11.8. The van der Waals surface area contributed by atoms with E-state index in [1.54, 1.807) is 12.1 Å². The number of halogens is 2. The summed E-state index contributed by atoms with van der Waals surface area (Å²) in [6.07, 6.45) is 7.56. The molecule has 1 unspecified atom stereocenters. The normalized spacial score (nSPS) is 20.2. The molecule has 3 heteroatoms. The predicted octanol–water partition coefficient (Wildman–Crippen LogP) is 4.69. The second-order valence-electron chi connectivity index (χ2n) is 6.00. The summed E-state index contributed by atoms with van der Waals surface area (Å²) in [6.45, 7) is 2.39. The third-order valence-electron chi connectivity index (χ3n) is 4.62. The van der Waals surface area contributed by atoms with Gasteiger partial charge in [-0.25, -0.2) is 4.39 Å². The van der Waals surface area contributed by atoms with Gasteiger partial charge in [0.25, 0.3) is 0 Å². The van der Waals surface area contributed by atoms with Crippen molar-refractivity contribution in [1.82, 2.24) is 5.32 Å². The smallest absolute Gasteiger partial charge is 0.124 e. The maximum absolute atomic E-state index is 13.2. The van der Waals surface area contributed by atoms with Crippen LogP contribution in [0.1, 0.15) is 44.6 Å². The molecule has 0 aromatic heterocycles. The van der Waals surface area contributed by atoms with Gasteiger partial charge in [0.2, 0.25) is 0 Å². The van der Waals surface area contributed by atoms with Crippen molar-refractivity contribution >= 4 is 15.9 Å². The van der Waals surface area contributed by atoms with Crippen LogP contribution in [0.3, 0.4) is 0 Å². The van der Waals surface area contributed by atoms with Crippen LogP contribution in [0.2, 0.25) is 0 Å². The molecule has 106 valence electrons. The lowest BCUT2D eigenvalue weighted by atomic mass is 9.69. The number of hydrogen-bond donors (Lipinski definition) is 1. The van der Waals surface area contributed by atoms with Gasteiger partial charge in [-0.1, -0.05) is 48.2 Å². The van der Waals surface area contributed by atoms with E-state index in [9.17, 15) is 4.39 Å². The Morgan fingerprint density at radius 1 is 1.32 bits per heavy atom. The van der Waals surface area contributed by atoms with E-state index < -0.39 is 0 Å². The lowest BCUT2D eigenvalue weighted by Crippen LogP contribution is -2.44. The minimum absolute atomic E-state index is 0.180. The van der Waals surface area contributed by atoms with E-state index in [-0.39, 0.29) is 5.82 Å². The molecule has 19 heavy (non-hydrogen) atoms. The minimum atomic E-state index is -0.180. The predicted molar refractivity (Wildman–Crippen MR) is 81.8 cm³/mol. The molecule has 1 saturated carbocycles. The molecule has 0 amide bonds. The Labute approximate surface area is 124 Å². The summed E-state index contributed by atoms with van der Waals surface area (Å²) in [5.41, 5.74) is 1.55. The van der Waals surface area contributed by atoms with Crippen molar-refractivity contribution in [3.63, 3.8) is 0 Å². The monoisotopic (exact) mass is 327 g/mol. The van der Waals surface area contributed by atoms with Gasteiger partial charge in [-0.05, 0) is 49.4 Å². The summed E-state index contributed by atoms with van der Waals surface area (Å²) in [5.74, 6) is -0.180. The van der Waals surface area contributed by atoms with Crippen LogP contribution < -0.4 is 5.32 Å². The molecule has 1 nitrogen and oxygen atoms in total. The molecule has 1 aromatic rings. The Bertz CT molecular complexity index is 427. The molecule has 0 aliphatic heterocycles.